The molecule has 0 bridgehead atoms. The van der Waals surface area contributed by atoms with Gasteiger partial charge >= 0.3 is 5.97 Å². The molecule has 1 heterocycles. The number of nitrogens with zero attached hydrogens (tertiary/aromatic N) is 4. The summed E-state index contributed by atoms with van der Waals surface area (Å²) in [7, 11) is 0. The van der Waals surface area contributed by atoms with E-state index in [0.717, 1.165) is 22.3 Å². The third kappa shape index (κ3) is 4.37. The molecular formula is C14H17BrN4O2. The van der Waals surface area contributed by atoms with Gasteiger partial charge < -0.3 is 5.11 Å². The van der Waals surface area contributed by atoms with Gasteiger partial charge in [-0.3, -0.25) is 9.69 Å². The number of aromatic nitrogens is 3. The number of para-hydroxylation sites is 1. The van der Waals surface area contributed by atoms with Gasteiger partial charge in [-0.25, -0.2) is 4.68 Å². The second-order valence-electron chi connectivity index (χ2n) is 4.71. The average Bonchev–Trinajstić information content (AvgIpc) is 2.87. The summed E-state index contributed by atoms with van der Waals surface area (Å²) in [5, 5.41) is 17.1. The van der Waals surface area contributed by atoms with Crippen LogP contribution in [0, 0.1) is 0 Å². The number of carboxylic acids is 1. The molecule has 112 valence electrons. The highest BCUT2D eigenvalue weighted by molar-refractivity contribution is 9.10. The van der Waals surface area contributed by atoms with Crippen molar-refractivity contribution in [2.24, 2.45) is 0 Å². The Labute approximate surface area is 131 Å². The summed E-state index contributed by atoms with van der Waals surface area (Å²) in [6.07, 6.45) is 2.72. The summed E-state index contributed by atoms with van der Waals surface area (Å²) in [5.41, 5.74) is 1.65. The Morgan fingerprint density at radius 1 is 1.43 bits per heavy atom. The lowest BCUT2D eigenvalue weighted by atomic mass is 10.3. The smallest absolute Gasteiger partial charge is 0.317 e. The summed E-state index contributed by atoms with van der Waals surface area (Å²) in [5.74, 6) is -0.832. The Hall–Kier alpha value is -1.73. The molecule has 2 rings (SSSR count). The van der Waals surface area contributed by atoms with E-state index in [-0.39, 0.29) is 6.54 Å². The topological polar surface area (TPSA) is 71.2 Å². The van der Waals surface area contributed by atoms with Crippen LogP contribution in [0.15, 0.2) is 34.9 Å². The molecule has 6 nitrogen and oxygen atoms in total. The fourth-order valence-corrected chi connectivity index (χ4v) is 2.54. The zero-order valence-electron chi connectivity index (χ0n) is 11.7. The molecule has 0 aliphatic heterocycles. The molecule has 0 unspecified atom stereocenters. The highest BCUT2D eigenvalue weighted by Crippen LogP contribution is 2.19. The van der Waals surface area contributed by atoms with Gasteiger partial charge in [0.05, 0.1) is 24.1 Å². The zero-order chi connectivity index (χ0) is 15.2. The normalized spacial score (nSPS) is 11.0. The monoisotopic (exact) mass is 352 g/mol. The molecule has 1 N–H and O–H groups in total. The zero-order valence-corrected chi connectivity index (χ0v) is 13.3. The van der Waals surface area contributed by atoms with E-state index in [0.29, 0.717) is 13.1 Å². The Morgan fingerprint density at radius 2 is 2.19 bits per heavy atom. The third-order valence-electron chi connectivity index (χ3n) is 2.92. The van der Waals surface area contributed by atoms with Gasteiger partial charge in [0.25, 0.3) is 0 Å². The van der Waals surface area contributed by atoms with Crippen molar-refractivity contribution in [3.63, 3.8) is 0 Å². The van der Waals surface area contributed by atoms with Crippen LogP contribution in [0.25, 0.3) is 5.69 Å². The highest BCUT2D eigenvalue weighted by atomic mass is 79.9. The van der Waals surface area contributed by atoms with E-state index in [1.165, 1.54) is 0 Å². The number of carbonyl (C=O) groups is 1. The molecule has 0 fully saturated rings. The quantitative estimate of drug-likeness (QED) is 0.827. The van der Waals surface area contributed by atoms with Gasteiger partial charge in [-0.15, -0.1) is 5.10 Å². The van der Waals surface area contributed by atoms with Gasteiger partial charge in [0, 0.05) is 11.0 Å². The minimum Gasteiger partial charge on any atom is -0.480 e. The van der Waals surface area contributed by atoms with E-state index in [9.17, 15) is 4.79 Å². The largest absolute Gasteiger partial charge is 0.480 e. The summed E-state index contributed by atoms with van der Waals surface area (Å²) in [4.78, 5) is 12.7. The Kier molecular flexibility index (Phi) is 5.46. The van der Waals surface area contributed by atoms with E-state index in [1.54, 1.807) is 4.68 Å². The predicted octanol–water partition coefficient (Wildman–Crippen LogP) is 2.33. The molecule has 21 heavy (non-hydrogen) atoms. The fraction of sp³-hybridized carbons (Fsp3) is 0.357. The lowest BCUT2D eigenvalue weighted by molar-refractivity contribution is -0.138. The summed E-state index contributed by atoms with van der Waals surface area (Å²) >= 11 is 3.47. The Balaban J connectivity index is 2.12. The first-order valence-corrected chi connectivity index (χ1v) is 7.49. The maximum Gasteiger partial charge on any atom is 0.317 e. The molecule has 0 saturated heterocycles. The van der Waals surface area contributed by atoms with Crippen molar-refractivity contribution in [2.45, 2.75) is 19.9 Å². The molecule has 0 aliphatic carbocycles. The van der Waals surface area contributed by atoms with Crippen LogP contribution in [0.4, 0.5) is 0 Å². The second-order valence-corrected chi connectivity index (χ2v) is 5.56. The molecule has 7 heteroatoms. The van der Waals surface area contributed by atoms with E-state index >= 15 is 0 Å². The maximum atomic E-state index is 10.9. The van der Waals surface area contributed by atoms with Gasteiger partial charge in [0.2, 0.25) is 0 Å². The molecule has 0 atom stereocenters. The van der Waals surface area contributed by atoms with Gasteiger partial charge in [-0.1, -0.05) is 24.3 Å². The first-order valence-electron chi connectivity index (χ1n) is 6.70. The van der Waals surface area contributed by atoms with E-state index in [1.807, 2.05) is 42.3 Å². The average molecular weight is 353 g/mol. The Morgan fingerprint density at radius 3 is 2.86 bits per heavy atom. The van der Waals surface area contributed by atoms with Crippen LogP contribution in [-0.2, 0) is 11.3 Å². The van der Waals surface area contributed by atoms with Crippen LogP contribution in [0.3, 0.4) is 0 Å². The van der Waals surface area contributed by atoms with E-state index < -0.39 is 5.97 Å². The summed E-state index contributed by atoms with van der Waals surface area (Å²) in [6.45, 7) is 3.22. The standard InChI is InChI=1S/C14H17BrN4O2/c1-2-7-18(10-14(20)21)8-11-9-19(17-16-11)13-6-4-3-5-12(13)15/h3-6,9H,2,7-8,10H2,1H3,(H,20,21). The van der Waals surface area contributed by atoms with Gasteiger partial charge in [-0.05, 0) is 41.0 Å². The number of halogens is 1. The molecular weight excluding hydrogens is 336 g/mol. The SMILES string of the molecule is CCCN(CC(=O)O)Cc1cn(-c2ccccc2Br)nn1. The van der Waals surface area contributed by atoms with Gasteiger partial charge in [0.15, 0.2) is 0 Å². The number of hydrogen-bond acceptors (Lipinski definition) is 4. The first kappa shape index (κ1) is 15.7. The minimum atomic E-state index is -0.832. The number of aliphatic carboxylic acids is 1. The van der Waals surface area contributed by atoms with Crippen molar-refractivity contribution in [1.29, 1.82) is 0 Å². The maximum absolute atomic E-state index is 10.9. The number of benzene rings is 1. The van der Waals surface area contributed by atoms with Crippen molar-refractivity contribution in [2.75, 3.05) is 13.1 Å². The first-order chi connectivity index (χ1) is 10.1. The van der Waals surface area contributed by atoms with Crippen LogP contribution in [0.2, 0.25) is 0 Å². The molecule has 1 aromatic carbocycles. The Bertz CT molecular complexity index is 615. The molecule has 0 saturated carbocycles. The molecule has 0 aliphatic rings. The minimum absolute atomic E-state index is 0.00965. The fourth-order valence-electron chi connectivity index (χ4n) is 2.08. The number of rotatable bonds is 7. The number of hydrogen-bond donors (Lipinski definition) is 1. The summed E-state index contributed by atoms with van der Waals surface area (Å²) < 4.78 is 2.61. The second kappa shape index (κ2) is 7.33. The molecule has 0 radical (unpaired) electrons. The van der Waals surface area contributed by atoms with Crippen LogP contribution >= 0.6 is 15.9 Å². The van der Waals surface area contributed by atoms with Crippen molar-refractivity contribution in [3.8, 4) is 5.69 Å². The van der Waals surface area contributed by atoms with Crippen LogP contribution in [0.5, 0.6) is 0 Å². The third-order valence-corrected chi connectivity index (χ3v) is 3.59. The van der Waals surface area contributed by atoms with E-state index in [4.69, 9.17) is 5.11 Å². The highest BCUT2D eigenvalue weighted by Gasteiger charge is 2.12. The lowest BCUT2D eigenvalue weighted by Crippen LogP contribution is -2.30. The van der Waals surface area contributed by atoms with Crippen molar-refractivity contribution >= 4 is 21.9 Å². The van der Waals surface area contributed by atoms with Crippen molar-refractivity contribution in [1.82, 2.24) is 19.9 Å². The number of carboxylic acid groups (broad SMARTS) is 1. The molecule has 1 aromatic heterocycles. The molecule has 2 aromatic rings. The van der Waals surface area contributed by atoms with Crippen LogP contribution in [0.1, 0.15) is 19.0 Å². The molecule has 0 spiro atoms. The van der Waals surface area contributed by atoms with Crippen LogP contribution < -0.4 is 0 Å². The van der Waals surface area contributed by atoms with E-state index in [2.05, 4.69) is 26.2 Å². The predicted molar refractivity (Wildman–Crippen MR) is 82.3 cm³/mol. The molecule has 0 amide bonds. The van der Waals surface area contributed by atoms with Crippen LogP contribution in [-0.4, -0.2) is 44.1 Å². The lowest BCUT2D eigenvalue weighted by Gasteiger charge is -2.17. The van der Waals surface area contributed by atoms with Crippen molar-refractivity contribution in [3.05, 3.63) is 40.6 Å². The van der Waals surface area contributed by atoms with Gasteiger partial charge in [-0.2, -0.15) is 0 Å². The van der Waals surface area contributed by atoms with Gasteiger partial charge in [0.1, 0.15) is 0 Å². The summed E-state index contributed by atoms with van der Waals surface area (Å²) in [6, 6.07) is 7.73. The van der Waals surface area contributed by atoms with Crippen molar-refractivity contribution < 1.29 is 9.90 Å².